The van der Waals surface area contributed by atoms with Crippen molar-refractivity contribution in [3.8, 4) is 6.07 Å². The van der Waals surface area contributed by atoms with Crippen molar-refractivity contribution in [3.63, 3.8) is 0 Å². The van der Waals surface area contributed by atoms with Crippen LogP contribution in [-0.2, 0) is 5.75 Å². The lowest BCUT2D eigenvalue weighted by atomic mass is 10.1. The van der Waals surface area contributed by atoms with Gasteiger partial charge in [-0.1, -0.05) is 35.4 Å². The zero-order valence-electron chi connectivity index (χ0n) is 10.6. The van der Waals surface area contributed by atoms with E-state index in [1.54, 1.807) is 11.8 Å². The molecule has 0 aromatic heterocycles. The van der Waals surface area contributed by atoms with Gasteiger partial charge in [0.15, 0.2) is 0 Å². The van der Waals surface area contributed by atoms with Crippen LogP contribution >= 0.6 is 11.8 Å². The van der Waals surface area contributed by atoms with E-state index in [0.29, 0.717) is 0 Å². The first kappa shape index (κ1) is 12.7. The van der Waals surface area contributed by atoms with Crippen molar-refractivity contribution >= 4 is 11.8 Å². The van der Waals surface area contributed by atoms with E-state index in [0.717, 1.165) is 16.2 Å². The third-order valence-corrected chi connectivity index (χ3v) is 3.72. The van der Waals surface area contributed by atoms with Crippen LogP contribution in [-0.4, -0.2) is 0 Å². The highest BCUT2D eigenvalue weighted by molar-refractivity contribution is 7.98. The predicted octanol–water partition coefficient (Wildman–Crippen LogP) is 4.47. The Kier molecular flexibility index (Phi) is 4.07. The fraction of sp³-hybridized carbons (Fsp3) is 0.188. The average Bonchev–Trinajstić information content (AvgIpc) is 2.35. The largest absolute Gasteiger partial charge is 0.192 e. The first-order valence-electron chi connectivity index (χ1n) is 5.87. The molecule has 2 rings (SSSR count). The molecule has 0 atom stereocenters. The second kappa shape index (κ2) is 5.75. The zero-order chi connectivity index (χ0) is 13.0. The van der Waals surface area contributed by atoms with Gasteiger partial charge in [-0.05, 0) is 37.6 Å². The van der Waals surface area contributed by atoms with Gasteiger partial charge in [-0.2, -0.15) is 5.26 Å². The van der Waals surface area contributed by atoms with Gasteiger partial charge in [-0.25, -0.2) is 0 Å². The molecule has 2 heteroatoms. The van der Waals surface area contributed by atoms with Crippen molar-refractivity contribution in [3.05, 3.63) is 64.7 Å². The van der Waals surface area contributed by atoms with E-state index < -0.39 is 0 Å². The Balaban J connectivity index is 2.09. The van der Waals surface area contributed by atoms with Crippen molar-refractivity contribution in [2.75, 3.05) is 0 Å². The zero-order valence-corrected chi connectivity index (χ0v) is 11.4. The molecule has 0 unspecified atom stereocenters. The molecule has 0 N–H and O–H groups in total. The summed E-state index contributed by atoms with van der Waals surface area (Å²) in [5.74, 6) is 0.942. The van der Waals surface area contributed by atoms with E-state index in [2.05, 4.69) is 38.1 Å². The fourth-order valence-corrected chi connectivity index (χ4v) is 2.86. The van der Waals surface area contributed by atoms with Gasteiger partial charge in [0.1, 0.15) is 0 Å². The van der Waals surface area contributed by atoms with Crippen LogP contribution in [0.5, 0.6) is 0 Å². The Morgan fingerprint density at radius 3 is 2.44 bits per heavy atom. The fourth-order valence-electron chi connectivity index (χ4n) is 1.97. The molecule has 0 saturated carbocycles. The molecule has 90 valence electrons. The molecular formula is C16H15NS. The van der Waals surface area contributed by atoms with Gasteiger partial charge < -0.3 is 0 Å². The van der Waals surface area contributed by atoms with Gasteiger partial charge in [-0.3, -0.25) is 0 Å². The van der Waals surface area contributed by atoms with E-state index in [1.807, 2.05) is 24.3 Å². The molecule has 0 radical (unpaired) electrons. The molecule has 0 heterocycles. The minimum Gasteiger partial charge on any atom is -0.192 e. The molecule has 2 aromatic rings. The van der Waals surface area contributed by atoms with Crippen LogP contribution in [0.1, 0.15) is 22.3 Å². The van der Waals surface area contributed by atoms with Gasteiger partial charge in [0.2, 0.25) is 0 Å². The van der Waals surface area contributed by atoms with Crippen molar-refractivity contribution < 1.29 is 0 Å². The van der Waals surface area contributed by atoms with Crippen LogP contribution < -0.4 is 0 Å². The summed E-state index contributed by atoms with van der Waals surface area (Å²) in [7, 11) is 0. The van der Waals surface area contributed by atoms with Gasteiger partial charge in [0.25, 0.3) is 0 Å². The second-order valence-electron chi connectivity index (χ2n) is 4.42. The Morgan fingerprint density at radius 1 is 1.06 bits per heavy atom. The molecule has 0 fully saturated rings. The van der Waals surface area contributed by atoms with E-state index in [-0.39, 0.29) is 0 Å². The van der Waals surface area contributed by atoms with Gasteiger partial charge in [0.05, 0.1) is 11.6 Å². The van der Waals surface area contributed by atoms with Gasteiger partial charge >= 0.3 is 0 Å². The van der Waals surface area contributed by atoms with Crippen LogP contribution in [0.4, 0.5) is 0 Å². The first-order valence-corrected chi connectivity index (χ1v) is 6.86. The molecule has 0 aliphatic heterocycles. The summed E-state index contributed by atoms with van der Waals surface area (Å²) < 4.78 is 0. The predicted molar refractivity (Wildman–Crippen MR) is 76.6 cm³/mol. The molecule has 0 amide bonds. The summed E-state index contributed by atoms with van der Waals surface area (Å²) in [5.41, 5.74) is 4.66. The van der Waals surface area contributed by atoms with Crippen LogP contribution in [0.2, 0.25) is 0 Å². The Labute approximate surface area is 112 Å². The molecular weight excluding hydrogens is 238 g/mol. The van der Waals surface area contributed by atoms with E-state index in [9.17, 15) is 0 Å². The standard InChI is InChI=1S/C16H15NS/c1-12-6-13(2)8-15(7-12)11-18-16-5-3-4-14(9-16)10-17/h3-9H,11H2,1-2H3. The molecule has 0 aliphatic carbocycles. The minimum absolute atomic E-state index is 0.723. The SMILES string of the molecule is Cc1cc(C)cc(CSc2cccc(C#N)c2)c1. The lowest BCUT2D eigenvalue weighted by molar-refractivity contribution is 1.29. The monoisotopic (exact) mass is 253 g/mol. The number of hydrogen-bond donors (Lipinski definition) is 0. The molecule has 0 aliphatic rings. The van der Waals surface area contributed by atoms with Crippen LogP contribution in [0.3, 0.4) is 0 Å². The van der Waals surface area contributed by atoms with Gasteiger partial charge in [0, 0.05) is 10.6 Å². The van der Waals surface area contributed by atoms with Crippen molar-refractivity contribution in [1.29, 1.82) is 5.26 Å². The van der Waals surface area contributed by atoms with E-state index in [4.69, 9.17) is 5.26 Å². The minimum atomic E-state index is 0.723. The summed E-state index contributed by atoms with van der Waals surface area (Å²) in [6, 6.07) is 16.5. The summed E-state index contributed by atoms with van der Waals surface area (Å²) in [6.45, 7) is 4.24. The maximum Gasteiger partial charge on any atom is 0.0992 e. The quantitative estimate of drug-likeness (QED) is 0.754. The summed E-state index contributed by atoms with van der Waals surface area (Å²) in [5, 5.41) is 8.86. The summed E-state index contributed by atoms with van der Waals surface area (Å²) in [6.07, 6.45) is 0. The Morgan fingerprint density at radius 2 is 1.78 bits per heavy atom. The van der Waals surface area contributed by atoms with Crippen LogP contribution in [0.25, 0.3) is 0 Å². The topological polar surface area (TPSA) is 23.8 Å². The maximum atomic E-state index is 8.86. The Bertz CT molecular complexity index is 576. The second-order valence-corrected chi connectivity index (χ2v) is 5.47. The van der Waals surface area contributed by atoms with Crippen LogP contribution in [0.15, 0.2) is 47.4 Å². The highest BCUT2D eigenvalue weighted by Gasteiger charge is 1.99. The normalized spacial score (nSPS) is 10.1. The lowest BCUT2D eigenvalue weighted by Crippen LogP contribution is -1.85. The number of aryl methyl sites for hydroxylation is 2. The number of rotatable bonds is 3. The highest BCUT2D eigenvalue weighted by Crippen LogP contribution is 2.24. The van der Waals surface area contributed by atoms with E-state index in [1.165, 1.54) is 16.7 Å². The molecule has 2 aromatic carbocycles. The molecule has 18 heavy (non-hydrogen) atoms. The van der Waals surface area contributed by atoms with Gasteiger partial charge in [-0.15, -0.1) is 11.8 Å². The smallest absolute Gasteiger partial charge is 0.0992 e. The highest BCUT2D eigenvalue weighted by atomic mass is 32.2. The number of hydrogen-bond acceptors (Lipinski definition) is 2. The summed E-state index contributed by atoms with van der Waals surface area (Å²) in [4.78, 5) is 1.15. The molecule has 0 saturated heterocycles. The maximum absolute atomic E-state index is 8.86. The number of thioether (sulfide) groups is 1. The number of nitriles is 1. The molecule has 1 nitrogen and oxygen atoms in total. The average molecular weight is 253 g/mol. The molecule has 0 bridgehead atoms. The van der Waals surface area contributed by atoms with Crippen LogP contribution in [0, 0.1) is 25.2 Å². The van der Waals surface area contributed by atoms with Crippen molar-refractivity contribution in [2.24, 2.45) is 0 Å². The molecule has 0 spiro atoms. The number of benzene rings is 2. The third-order valence-electron chi connectivity index (χ3n) is 2.65. The third kappa shape index (κ3) is 3.38. The summed E-state index contributed by atoms with van der Waals surface area (Å²) >= 11 is 1.77. The van der Waals surface area contributed by atoms with Crippen molar-refractivity contribution in [2.45, 2.75) is 24.5 Å². The first-order chi connectivity index (χ1) is 8.67. The van der Waals surface area contributed by atoms with Crippen molar-refractivity contribution in [1.82, 2.24) is 0 Å². The number of nitrogens with zero attached hydrogens (tertiary/aromatic N) is 1. The lowest BCUT2D eigenvalue weighted by Gasteiger charge is -2.05. The Hall–Kier alpha value is -1.72. The van der Waals surface area contributed by atoms with E-state index >= 15 is 0 Å².